The first-order valence-electron chi connectivity index (χ1n) is 31.9. The number of rotatable bonds is 57. The van der Waals surface area contributed by atoms with Crippen LogP contribution in [0.25, 0.3) is 0 Å². The number of phosphoric ester groups is 1. The minimum atomic E-state index is -4.41. The molecule has 0 rings (SSSR count). The van der Waals surface area contributed by atoms with Gasteiger partial charge >= 0.3 is 19.8 Å². The zero-order valence-electron chi connectivity index (χ0n) is 51.8. The van der Waals surface area contributed by atoms with Crippen molar-refractivity contribution < 1.29 is 37.6 Å². The molecule has 0 aliphatic rings. The van der Waals surface area contributed by atoms with Crippen molar-refractivity contribution in [2.45, 2.75) is 225 Å². The summed E-state index contributed by atoms with van der Waals surface area (Å²) in [6, 6.07) is 0. The molecule has 0 radical (unpaired) electrons. The van der Waals surface area contributed by atoms with Gasteiger partial charge in [0.15, 0.2) is 6.10 Å². The van der Waals surface area contributed by atoms with E-state index in [0.29, 0.717) is 12.8 Å². The quantitative estimate of drug-likeness (QED) is 0.0264. The van der Waals surface area contributed by atoms with Crippen LogP contribution in [0.4, 0.5) is 0 Å². The lowest BCUT2D eigenvalue weighted by Gasteiger charge is -2.19. The summed E-state index contributed by atoms with van der Waals surface area (Å²) < 4.78 is 33.1. The lowest BCUT2D eigenvalue weighted by atomic mass is 10.1. The molecule has 0 aromatic rings. The van der Waals surface area contributed by atoms with E-state index in [9.17, 15) is 19.0 Å². The summed E-state index contributed by atoms with van der Waals surface area (Å²) in [6.07, 6.45) is 101. The van der Waals surface area contributed by atoms with Crippen LogP contribution < -0.4 is 5.73 Å². The van der Waals surface area contributed by atoms with Gasteiger partial charge < -0.3 is 20.1 Å². The van der Waals surface area contributed by atoms with Crippen LogP contribution in [0.2, 0.25) is 0 Å². The normalized spacial score (nSPS) is 14.3. The van der Waals surface area contributed by atoms with Crippen LogP contribution in [-0.2, 0) is 32.7 Å². The number of phosphoric acid groups is 1. The number of hydrogen-bond acceptors (Lipinski definition) is 8. The number of carbonyl (C=O) groups excluding carboxylic acids is 2. The summed E-state index contributed by atoms with van der Waals surface area (Å²) in [4.78, 5) is 35.3. The molecule has 0 bridgehead atoms. The van der Waals surface area contributed by atoms with Crippen LogP contribution in [0.5, 0.6) is 0 Å². The standard InChI is InChI=1S/C73H114NO8P/c1-3-5-7-9-11-13-15-17-19-21-23-25-27-28-29-30-31-32-33-34-35-36-37-38-39-40-41-42-44-46-48-50-52-54-56-58-60-62-64-66-73(76)82-71(70-81-83(77,78)80-68-67-74)69-79-72(75)65-63-61-59-57-55-53-51-49-47-45-43-26-24-22-20-18-16-14-12-10-8-6-4-2/h5-8,11-14,17-20,23-26,28-29,31-32,34-35,37-38,40-41,44-47,50,52,71H,3-4,9-10,15-16,21-22,27,30,33,36,39,42-43,48-49,51,53-70,74H2,1-2H3,(H,77,78)/b7-5-,8-6-,13-11-,14-12-,19-17-,20-18-,25-23-,26-24-,29-28-,32-31-,35-34-,38-37-,41-40-,46-44-,47-45-,52-50-. The number of nitrogens with two attached hydrogens (primary N) is 1. The zero-order chi connectivity index (χ0) is 60.1. The fourth-order valence-corrected chi connectivity index (χ4v) is 8.61. The minimum Gasteiger partial charge on any atom is -0.462 e. The molecule has 0 spiro atoms. The molecule has 0 aliphatic heterocycles. The Labute approximate surface area is 506 Å². The molecule has 2 unspecified atom stereocenters. The monoisotopic (exact) mass is 1160 g/mol. The predicted molar refractivity (Wildman–Crippen MR) is 357 cm³/mol. The number of hydrogen-bond donors (Lipinski definition) is 2. The molecule has 0 heterocycles. The van der Waals surface area contributed by atoms with Crippen molar-refractivity contribution in [2.24, 2.45) is 5.73 Å². The first-order chi connectivity index (χ1) is 40.8. The molecule has 0 aliphatic carbocycles. The molecule has 0 saturated carbocycles. The van der Waals surface area contributed by atoms with E-state index in [-0.39, 0.29) is 32.6 Å². The van der Waals surface area contributed by atoms with Crippen molar-refractivity contribution in [2.75, 3.05) is 26.4 Å². The smallest absolute Gasteiger partial charge is 0.462 e. The minimum absolute atomic E-state index is 0.0371. The van der Waals surface area contributed by atoms with E-state index in [4.69, 9.17) is 24.3 Å². The van der Waals surface area contributed by atoms with Crippen LogP contribution in [0.15, 0.2) is 194 Å². The molecule has 9 nitrogen and oxygen atoms in total. The second-order valence-corrected chi connectivity index (χ2v) is 21.6. The molecule has 0 aromatic carbocycles. The van der Waals surface area contributed by atoms with Gasteiger partial charge in [0.25, 0.3) is 0 Å². The number of carbonyl (C=O) groups is 2. The third-order valence-electron chi connectivity index (χ3n) is 12.5. The highest BCUT2D eigenvalue weighted by Gasteiger charge is 2.26. The highest BCUT2D eigenvalue weighted by molar-refractivity contribution is 7.47. The second-order valence-electron chi connectivity index (χ2n) is 20.2. The average Bonchev–Trinajstić information content (AvgIpc) is 3.48. The van der Waals surface area contributed by atoms with Gasteiger partial charge in [0, 0.05) is 19.4 Å². The molecule has 0 amide bonds. The van der Waals surface area contributed by atoms with Crippen molar-refractivity contribution >= 4 is 19.8 Å². The van der Waals surface area contributed by atoms with E-state index >= 15 is 0 Å². The number of allylic oxidation sites excluding steroid dienone is 32. The molecule has 3 N–H and O–H groups in total. The van der Waals surface area contributed by atoms with Gasteiger partial charge in [-0.3, -0.25) is 18.6 Å². The summed E-state index contributed by atoms with van der Waals surface area (Å²) in [7, 11) is -4.41. The highest BCUT2D eigenvalue weighted by atomic mass is 31.2. The lowest BCUT2D eigenvalue weighted by Crippen LogP contribution is -2.29. The Morgan fingerprint density at radius 3 is 0.928 bits per heavy atom. The highest BCUT2D eigenvalue weighted by Crippen LogP contribution is 2.43. The van der Waals surface area contributed by atoms with Crippen molar-refractivity contribution in [3.05, 3.63) is 194 Å². The maximum Gasteiger partial charge on any atom is 0.472 e. The third-order valence-corrected chi connectivity index (χ3v) is 13.5. The SMILES string of the molecule is CC/C=C\C/C=C\C/C=C\C/C=C\C/C=C\C/C=C\C/C=C\C/C=C\C/C=C\C/C=C\C/C=C\CCCCCCCC(=O)OC(COC(=O)CCCCCCCCC/C=C\C/C=C\C/C=C\C/C=C\C/C=C\CC)COP(=O)(O)OCCN. The van der Waals surface area contributed by atoms with E-state index in [1.54, 1.807) is 0 Å². The zero-order valence-corrected chi connectivity index (χ0v) is 52.7. The molecule has 10 heteroatoms. The molecule has 0 saturated heterocycles. The van der Waals surface area contributed by atoms with Gasteiger partial charge in [0.2, 0.25) is 0 Å². The number of esters is 2. The molecule has 2 atom stereocenters. The largest absolute Gasteiger partial charge is 0.472 e. The Bertz CT molecular complexity index is 2060. The Morgan fingerprint density at radius 2 is 0.627 bits per heavy atom. The molecule has 464 valence electrons. The maximum absolute atomic E-state index is 12.7. The van der Waals surface area contributed by atoms with E-state index in [1.807, 2.05) is 0 Å². The Hall–Kier alpha value is -5.15. The molecular formula is C73H114NO8P. The van der Waals surface area contributed by atoms with Gasteiger partial charge in [-0.15, -0.1) is 0 Å². The second kappa shape index (κ2) is 66.0. The van der Waals surface area contributed by atoms with Gasteiger partial charge in [-0.05, 0) is 141 Å². The molecular weight excluding hydrogens is 1050 g/mol. The summed E-state index contributed by atoms with van der Waals surface area (Å²) in [6.45, 7) is 3.45. The number of ether oxygens (including phenoxy) is 2. The van der Waals surface area contributed by atoms with Crippen LogP contribution in [0.1, 0.15) is 219 Å². The van der Waals surface area contributed by atoms with Gasteiger partial charge in [0.05, 0.1) is 13.2 Å². The van der Waals surface area contributed by atoms with Gasteiger partial charge in [-0.1, -0.05) is 260 Å². The fourth-order valence-electron chi connectivity index (χ4n) is 7.84. The Morgan fingerprint density at radius 1 is 0.361 bits per heavy atom. The Balaban J connectivity index is 4.08. The van der Waals surface area contributed by atoms with Crippen LogP contribution in [0, 0.1) is 0 Å². The van der Waals surface area contributed by atoms with Crippen LogP contribution >= 0.6 is 7.82 Å². The van der Waals surface area contributed by atoms with Crippen LogP contribution in [-0.4, -0.2) is 49.3 Å². The molecule has 0 aromatic heterocycles. The summed E-state index contributed by atoms with van der Waals surface area (Å²) in [5.74, 6) is -0.879. The van der Waals surface area contributed by atoms with E-state index in [2.05, 4.69) is 208 Å². The van der Waals surface area contributed by atoms with Crippen molar-refractivity contribution in [1.82, 2.24) is 0 Å². The molecule has 83 heavy (non-hydrogen) atoms. The molecule has 0 fully saturated rings. The number of unbranched alkanes of at least 4 members (excludes halogenated alkanes) is 12. The topological polar surface area (TPSA) is 134 Å². The third kappa shape index (κ3) is 65.9. The predicted octanol–water partition coefficient (Wildman–Crippen LogP) is 21.0. The summed E-state index contributed by atoms with van der Waals surface area (Å²) >= 11 is 0. The van der Waals surface area contributed by atoms with Crippen molar-refractivity contribution in [1.29, 1.82) is 0 Å². The fraction of sp³-hybridized carbons (Fsp3) is 0.534. The lowest BCUT2D eigenvalue weighted by molar-refractivity contribution is -0.161. The van der Waals surface area contributed by atoms with E-state index in [0.717, 1.165) is 161 Å². The van der Waals surface area contributed by atoms with Gasteiger partial charge in [0.1, 0.15) is 6.61 Å². The first-order valence-corrected chi connectivity index (χ1v) is 33.4. The summed E-state index contributed by atoms with van der Waals surface area (Å²) in [5.41, 5.74) is 5.39. The maximum atomic E-state index is 12.7. The Kier molecular flexibility index (Phi) is 61.9. The van der Waals surface area contributed by atoms with Crippen molar-refractivity contribution in [3.8, 4) is 0 Å². The van der Waals surface area contributed by atoms with Crippen molar-refractivity contribution in [3.63, 3.8) is 0 Å². The first kappa shape index (κ1) is 77.9. The van der Waals surface area contributed by atoms with E-state index < -0.39 is 32.5 Å². The van der Waals surface area contributed by atoms with Gasteiger partial charge in [-0.25, -0.2) is 4.57 Å². The van der Waals surface area contributed by atoms with Crippen LogP contribution in [0.3, 0.4) is 0 Å². The van der Waals surface area contributed by atoms with Gasteiger partial charge in [-0.2, -0.15) is 0 Å². The average molecular weight is 1160 g/mol. The summed E-state index contributed by atoms with van der Waals surface area (Å²) in [5, 5.41) is 0. The van der Waals surface area contributed by atoms with E-state index in [1.165, 1.54) is 19.3 Å².